The lowest BCUT2D eigenvalue weighted by Crippen LogP contribution is -2.28. The molecule has 0 saturated carbocycles. The summed E-state index contributed by atoms with van der Waals surface area (Å²) in [4.78, 5) is 16.1. The van der Waals surface area contributed by atoms with Crippen LogP contribution in [0.4, 0.5) is 5.69 Å². The molecule has 7 heteroatoms. The first-order valence-corrected chi connectivity index (χ1v) is 5.89. The molecule has 2 rings (SSSR count). The van der Waals surface area contributed by atoms with Gasteiger partial charge in [-0.25, -0.2) is 0 Å². The molecule has 7 nitrogen and oxygen atoms in total. The molecule has 2 aromatic heterocycles. The third kappa shape index (κ3) is 3.29. The summed E-state index contributed by atoms with van der Waals surface area (Å²) in [5, 5.41) is 6.85. The zero-order valence-corrected chi connectivity index (χ0v) is 10.6. The van der Waals surface area contributed by atoms with Gasteiger partial charge in [-0.3, -0.25) is 20.3 Å². The monoisotopic (exact) mass is 260 g/mol. The molecule has 0 aliphatic rings. The predicted molar refractivity (Wildman–Crippen MR) is 71.3 cm³/mol. The number of amides is 1. The molecule has 0 aromatic carbocycles. The van der Waals surface area contributed by atoms with E-state index in [9.17, 15) is 4.79 Å². The van der Waals surface area contributed by atoms with Crippen LogP contribution in [0.25, 0.3) is 0 Å². The Morgan fingerprint density at radius 1 is 1.53 bits per heavy atom. The lowest BCUT2D eigenvalue weighted by Gasteiger charge is -2.10. The van der Waals surface area contributed by atoms with Crippen LogP contribution in [-0.4, -0.2) is 27.2 Å². The van der Waals surface area contributed by atoms with Crippen molar-refractivity contribution in [2.75, 3.05) is 12.0 Å². The first kappa shape index (κ1) is 13.0. The number of aryl methyl sites for hydroxylation is 1. The molecule has 0 aliphatic heterocycles. The van der Waals surface area contributed by atoms with Crippen LogP contribution in [0, 0.1) is 6.92 Å². The van der Waals surface area contributed by atoms with E-state index < -0.39 is 0 Å². The summed E-state index contributed by atoms with van der Waals surface area (Å²) >= 11 is 0. The zero-order chi connectivity index (χ0) is 13.7. The topological polar surface area (TPSA) is 97.9 Å². The highest BCUT2D eigenvalue weighted by atomic mass is 16.1. The van der Waals surface area contributed by atoms with Crippen LogP contribution in [-0.2, 0) is 6.54 Å². The summed E-state index contributed by atoms with van der Waals surface area (Å²) in [6.45, 7) is 2.93. The SMILES string of the molecule is Cc1cc(NN)c(C(=O)NCCn2cccn2)cn1. The van der Waals surface area contributed by atoms with Crippen LogP contribution >= 0.6 is 0 Å². The second-order valence-corrected chi connectivity index (χ2v) is 4.04. The van der Waals surface area contributed by atoms with E-state index in [2.05, 4.69) is 20.8 Å². The van der Waals surface area contributed by atoms with E-state index in [1.807, 2.05) is 19.2 Å². The second-order valence-electron chi connectivity index (χ2n) is 4.04. The maximum Gasteiger partial charge on any atom is 0.255 e. The van der Waals surface area contributed by atoms with Crippen molar-refractivity contribution in [3.63, 3.8) is 0 Å². The average Bonchev–Trinajstić information content (AvgIpc) is 2.91. The number of hydrogen-bond donors (Lipinski definition) is 3. The Balaban J connectivity index is 1.96. The molecule has 0 fully saturated rings. The Morgan fingerprint density at radius 3 is 3.05 bits per heavy atom. The van der Waals surface area contributed by atoms with E-state index in [0.717, 1.165) is 5.69 Å². The van der Waals surface area contributed by atoms with Crippen molar-refractivity contribution in [3.8, 4) is 0 Å². The maximum atomic E-state index is 12.0. The van der Waals surface area contributed by atoms with Gasteiger partial charge in [-0.2, -0.15) is 5.10 Å². The van der Waals surface area contributed by atoms with E-state index in [-0.39, 0.29) is 5.91 Å². The third-order valence-corrected chi connectivity index (χ3v) is 2.63. The van der Waals surface area contributed by atoms with Crippen molar-refractivity contribution in [1.82, 2.24) is 20.1 Å². The molecule has 0 spiro atoms. The molecule has 0 bridgehead atoms. The summed E-state index contributed by atoms with van der Waals surface area (Å²) in [5.41, 5.74) is 4.28. The Kier molecular flexibility index (Phi) is 4.09. The summed E-state index contributed by atoms with van der Waals surface area (Å²) in [6, 6.07) is 3.56. The highest BCUT2D eigenvalue weighted by molar-refractivity contribution is 5.99. The lowest BCUT2D eigenvalue weighted by molar-refractivity contribution is 0.0952. The third-order valence-electron chi connectivity index (χ3n) is 2.63. The van der Waals surface area contributed by atoms with Gasteiger partial charge in [-0.1, -0.05) is 0 Å². The number of pyridine rings is 1. The van der Waals surface area contributed by atoms with Crippen molar-refractivity contribution < 1.29 is 4.79 Å². The van der Waals surface area contributed by atoms with E-state index >= 15 is 0 Å². The number of hydrogen-bond acceptors (Lipinski definition) is 5. The van der Waals surface area contributed by atoms with Gasteiger partial charge in [-0.15, -0.1) is 0 Å². The molecule has 0 atom stereocenters. The van der Waals surface area contributed by atoms with Crippen molar-refractivity contribution in [3.05, 3.63) is 42.0 Å². The number of nitrogen functional groups attached to an aromatic ring is 1. The Hall–Kier alpha value is -2.41. The van der Waals surface area contributed by atoms with Crippen molar-refractivity contribution in [2.45, 2.75) is 13.5 Å². The van der Waals surface area contributed by atoms with Gasteiger partial charge in [0, 0.05) is 30.8 Å². The number of nitrogens with zero attached hydrogens (tertiary/aromatic N) is 3. The Bertz CT molecular complexity index is 551. The van der Waals surface area contributed by atoms with Gasteiger partial charge in [-0.05, 0) is 19.1 Å². The smallest absolute Gasteiger partial charge is 0.255 e. The summed E-state index contributed by atoms with van der Waals surface area (Å²) in [6.07, 6.45) is 5.04. The largest absolute Gasteiger partial charge is 0.350 e. The maximum absolute atomic E-state index is 12.0. The van der Waals surface area contributed by atoms with Crippen LogP contribution in [0.3, 0.4) is 0 Å². The van der Waals surface area contributed by atoms with Gasteiger partial charge in [0.1, 0.15) is 0 Å². The highest BCUT2D eigenvalue weighted by Crippen LogP contribution is 2.13. The molecule has 4 N–H and O–H groups in total. The van der Waals surface area contributed by atoms with Gasteiger partial charge in [0.15, 0.2) is 0 Å². The first-order chi connectivity index (χ1) is 9.20. The van der Waals surface area contributed by atoms with Crippen LogP contribution in [0.15, 0.2) is 30.7 Å². The molecule has 0 aliphatic carbocycles. The van der Waals surface area contributed by atoms with Gasteiger partial charge in [0.25, 0.3) is 5.91 Å². The average molecular weight is 260 g/mol. The van der Waals surface area contributed by atoms with Crippen LogP contribution < -0.4 is 16.6 Å². The van der Waals surface area contributed by atoms with Crippen molar-refractivity contribution in [1.29, 1.82) is 0 Å². The minimum absolute atomic E-state index is 0.215. The van der Waals surface area contributed by atoms with Crippen molar-refractivity contribution >= 4 is 11.6 Å². The van der Waals surface area contributed by atoms with Gasteiger partial charge < -0.3 is 10.7 Å². The molecular weight excluding hydrogens is 244 g/mol. The van der Waals surface area contributed by atoms with Gasteiger partial charge in [0.2, 0.25) is 0 Å². The van der Waals surface area contributed by atoms with Gasteiger partial charge >= 0.3 is 0 Å². The molecular formula is C12H16N6O. The predicted octanol–water partition coefficient (Wildman–Crippen LogP) is 0.302. The Morgan fingerprint density at radius 2 is 2.37 bits per heavy atom. The van der Waals surface area contributed by atoms with E-state index in [4.69, 9.17) is 5.84 Å². The number of aromatic nitrogens is 3. The summed E-state index contributed by atoms with van der Waals surface area (Å²) in [7, 11) is 0. The van der Waals surface area contributed by atoms with Gasteiger partial charge in [0.05, 0.1) is 17.8 Å². The van der Waals surface area contributed by atoms with Crippen molar-refractivity contribution in [2.24, 2.45) is 5.84 Å². The fourth-order valence-electron chi connectivity index (χ4n) is 1.67. The summed E-state index contributed by atoms with van der Waals surface area (Å²) < 4.78 is 1.75. The molecule has 2 heterocycles. The van der Waals surface area contributed by atoms with Crippen LogP contribution in [0.2, 0.25) is 0 Å². The quantitative estimate of drug-likeness (QED) is 0.530. The zero-order valence-electron chi connectivity index (χ0n) is 10.6. The minimum Gasteiger partial charge on any atom is -0.350 e. The number of nitrogens with two attached hydrogens (primary N) is 1. The number of carbonyl (C=O) groups excluding carboxylic acids is 1. The standard InChI is InChI=1S/C12H16N6O/c1-9-7-11(17-13)10(8-15-9)12(19)14-4-6-18-5-2-3-16-18/h2-3,5,7-8H,4,6,13H2,1H3,(H,14,19)(H,15,17). The number of nitrogens with one attached hydrogen (secondary N) is 2. The second kappa shape index (κ2) is 5.96. The fourth-order valence-corrected chi connectivity index (χ4v) is 1.67. The van der Waals surface area contributed by atoms with E-state index in [1.54, 1.807) is 16.9 Å². The Labute approximate surface area is 110 Å². The summed E-state index contributed by atoms with van der Waals surface area (Å²) in [5.74, 6) is 5.18. The molecule has 19 heavy (non-hydrogen) atoms. The van der Waals surface area contributed by atoms with E-state index in [1.165, 1.54) is 6.20 Å². The molecule has 1 amide bonds. The normalized spacial score (nSPS) is 10.2. The first-order valence-electron chi connectivity index (χ1n) is 5.89. The van der Waals surface area contributed by atoms with Crippen LogP contribution in [0.5, 0.6) is 0 Å². The lowest BCUT2D eigenvalue weighted by atomic mass is 10.2. The van der Waals surface area contributed by atoms with Crippen LogP contribution in [0.1, 0.15) is 16.1 Å². The highest BCUT2D eigenvalue weighted by Gasteiger charge is 2.11. The molecule has 100 valence electrons. The van der Waals surface area contributed by atoms with E-state index in [0.29, 0.717) is 24.3 Å². The number of hydrazine groups is 1. The molecule has 0 unspecified atom stereocenters. The number of carbonyl (C=O) groups is 1. The molecule has 0 radical (unpaired) electrons. The minimum atomic E-state index is -0.215. The number of anilines is 1. The molecule has 2 aromatic rings. The number of rotatable bonds is 5. The molecule has 0 saturated heterocycles. The fraction of sp³-hybridized carbons (Fsp3) is 0.250.